The lowest BCUT2D eigenvalue weighted by molar-refractivity contribution is 0.0950. The van der Waals surface area contributed by atoms with Gasteiger partial charge < -0.3 is 5.32 Å². The Bertz CT molecular complexity index is 726. The summed E-state index contributed by atoms with van der Waals surface area (Å²) in [5.74, 6) is 0.00842. The molecule has 0 saturated carbocycles. The molecule has 0 spiro atoms. The lowest BCUT2D eigenvalue weighted by Gasteiger charge is -2.02. The number of aromatic nitrogens is 2. The first-order chi connectivity index (χ1) is 9.36. The average molecular weight is 376 g/mol. The Morgan fingerprint density at radius 1 is 1.35 bits per heavy atom. The van der Waals surface area contributed by atoms with Gasteiger partial charge in [0.2, 0.25) is 14.2 Å². The Morgan fingerprint density at radius 2 is 2.00 bits per heavy atom. The van der Waals surface area contributed by atoms with Crippen LogP contribution in [0, 0.1) is 0 Å². The predicted molar refractivity (Wildman–Crippen MR) is 78.3 cm³/mol. The van der Waals surface area contributed by atoms with E-state index in [4.69, 9.17) is 0 Å². The van der Waals surface area contributed by atoms with Crippen LogP contribution in [0.2, 0.25) is 0 Å². The van der Waals surface area contributed by atoms with Crippen LogP contribution in [0.1, 0.15) is 16.2 Å². The Kier molecular flexibility index (Phi) is 4.51. The SMILES string of the molecule is CS(=O)(=O)c1nc(CNC(=O)c2ccc(Br)cc2)ns1. The minimum atomic E-state index is -3.35. The Morgan fingerprint density at radius 3 is 2.55 bits per heavy atom. The zero-order valence-electron chi connectivity index (χ0n) is 10.3. The number of hydrogen-bond acceptors (Lipinski definition) is 6. The Hall–Kier alpha value is -1.32. The summed E-state index contributed by atoms with van der Waals surface area (Å²) < 4.78 is 27.2. The quantitative estimate of drug-likeness (QED) is 0.876. The second kappa shape index (κ2) is 5.98. The maximum atomic E-state index is 11.8. The van der Waals surface area contributed by atoms with Crippen molar-refractivity contribution in [3.63, 3.8) is 0 Å². The van der Waals surface area contributed by atoms with Crippen LogP contribution >= 0.6 is 27.5 Å². The molecule has 2 rings (SSSR count). The van der Waals surface area contributed by atoms with Crippen molar-refractivity contribution in [2.75, 3.05) is 6.26 Å². The van der Waals surface area contributed by atoms with Crippen molar-refractivity contribution in [3.8, 4) is 0 Å². The van der Waals surface area contributed by atoms with E-state index >= 15 is 0 Å². The van der Waals surface area contributed by atoms with Gasteiger partial charge in [0.25, 0.3) is 5.91 Å². The van der Waals surface area contributed by atoms with Gasteiger partial charge in [0.1, 0.15) is 0 Å². The molecule has 1 amide bonds. The number of carbonyl (C=O) groups excluding carboxylic acids is 1. The predicted octanol–water partition coefficient (Wildman–Crippen LogP) is 1.63. The minimum absolute atomic E-state index is 0.0506. The minimum Gasteiger partial charge on any atom is -0.345 e. The molecule has 0 atom stereocenters. The van der Waals surface area contributed by atoms with Gasteiger partial charge in [-0.25, -0.2) is 13.4 Å². The number of amides is 1. The van der Waals surface area contributed by atoms with Gasteiger partial charge in [-0.2, -0.15) is 4.37 Å². The summed E-state index contributed by atoms with van der Waals surface area (Å²) in [6.45, 7) is 0.0842. The van der Waals surface area contributed by atoms with Crippen molar-refractivity contribution >= 4 is 43.2 Å². The maximum Gasteiger partial charge on any atom is 0.251 e. The van der Waals surface area contributed by atoms with E-state index in [9.17, 15) is 13.2 Å². The van der Waals surface area contributed by atoms with E-state index in [0.29, 0.717) is 5.56 Å². The number of carbonyl (C=O) groups is 1. The molecule has 6 nitrogen and oxygen atoms in total. The zero-order valence-corrected chi connectivity index (χ0v) is 13.5. The molecule has 0 aliphatic heterocycles. The lowest BCUT2D eigenvalue weighted by atomic mass is 10.2. The number of rotatable bonds is 4. The second-order valence-corrected chi connectivity index (χ2v) is 7.80. The molecule has 20 heavy (non-hydrogen) atoms. The van der Waals surface area contributed by atoms with E-state index in [1.165, 1.54) is 0 Å². The summed E-state index contributed by atoms with van der Waals surface area (Å²) in [5.41, 5.74) is 0.506. The molecular weight excluding hydrogens is 366 g/mol. The highest BCUT2D eigenvalue weighted by Gasteiger charge is 2.14. The third-order valence-corrected chi connectivity index (χ3v) is 5.22. The summed E-state index contributed by atoms with van der Waals surface area (Å²) in [5, 5.41) is 2.63. The third-order valence-electron chi connectivity index (χ3n) is 2.28. The highest BCUT2D eigenvalue weighted by molar-refractivity contribution is 9.10. The van der Waals surface area contributed by atoms with Crippen molar-refractivity contribution in [2.45, 2.75) is 10.9 Å². The number of nitrogens with one attached hydrogen (secondary N) is 1. The fraction of sp³-hybridized carbons (Fsp3) is 0.182. The fourth-order valence-corrected chi connectivity index (χ4v) is 2.95. The first-order valence-corrected chi connectivity index (χ1v) is 8.88. The molecule has 0 bridgehead atoms. The fourth-order valence-electron chi connectivity index (χ4n) is 1.32. The second-order valence-electron chi connectivity index (χ2n) is 3.94. The largest absolute Gasteiger partial charge is 0.345 e. The Balaban J connectivity index is 2.00. The van der Waals surface area contributed by atoms with Crippen LogP contribution in [0.3, 0.4) is 0 Å². The van der Waals surface area contributed by atoms with Crippen molar-refractivity contribution in [1.82, 2.24) is 14.7 Å². The van der Waals surface area contributed by atoms with E-state index in [1.54, 1.807) is 24.3 Å². The van der Waals surface area contributed by atoms with E-state index in [2.05, 4.69) is 30.6 Å². The monoisotopic (exact) mass is 375 g/mol. The topological polar surface area (TPSA) is 89.0 Å². The smallest absolute Gasteiger partial charge is 0.251 e. The van der Waals surface area contributed by atoms with Crippen LogP contribution in [-0.2, 0) is 16.4 Å². The molecule has 1 aromatic carbocycles. The number of nitrogens with zero attached hydrogens (tertiary/aromatic N) is 2. The number of halogens is 1. The van der Waals surface area contributed by atoms with Gasteiger partial charge in [-0.1, -0.05) is 15.9 Å². The first-order valence-electron chi connectivity index (χ1n) is 5.42. The molecule has 1 heterocycles. The van der Waals surface area contributed by atoms with Gasteiger partial charge >= 0.3 is 0 Å². The van der Waals surface area contributed by atoms with Gasteiger partial charge in [-0.15, -0.1) is 0 Å². The highest BCUT2D eigenvalue weighted by Crippen LogP contribution is 2.12. The van der Waals surface area contributed by atoms with Crippen molar-refractivity contribution in [3.05, 3.63) is 40.1 Å². The number of hydrogen-bond donors (Lipinski definition) is 1. The molecule has 0 radical (unpaired) electrons. The van der Waals surface area contributed by atoms with Crippen LogP contribution in [0.4, 0.5) is 0 Å². The highest BCUT2D eigenvalue weighted by atomic mass is 79.9. The summed E-state index contributed by atoms with van der Waals surface area (Å²) >= 11 is 4.08. The molecular formula is C11H10BrN3O3S2. The van der Waals surface area contributed by atoms with Crippen molar-refractivity contribution in [2.24, 2.45) is 0 Å². The lowest BCUT2D eigenvalue weighted by Crippen LogP contribution is -2.23. The van der Waals surface area contributed by atoms with Crippen molar-refractivity contribution < 1.29 is 13.2 Å². The Labute approximate surface area is 128 Å². The van der Waals surface area contributed by atoms with Gasteiger partial charge in [-0.05, 0) is 35.8 Å². The van der Waals surface area contributed by atoms with Gasteiger partial charge in [0, 0.05) is 16.3 Å². The average Bonchev–Trinajstić information content (AvgIpc) is 2.85. The summed E-state index contributed by atoms with van der Waals surface area (Å²) in [6.07, 6.45) is 1.07. The molecule has 9 heteroatoms. The van der Waals surface area contributed by atoms with E-state index in [-0.39, 0.29) is 22.6 Å². The van der Waals surface area contributed by atoms with Crippen molar-refractivity contribution in [1.29, 1.82) is 0 Å². The number of sulfone groups is 1. The third kappa shape index (κ3) is 3.84. The van der Waals surface area contributed by atoms with Crippen LogP contribution in [0.5, 0.6) is 0 Å². The van der Waals surface area contributed by atoms with Crippen LogP contribution in [0.15, 0.2) is 33.1 Å². The maximum absolute atomic E-state index is 11.8. The normalized spacial score (nSPS) is 11.3. The summed E-state index contributed by atoms with van der Waals surface area (Å²) in [7, 11) is -3.35. The molecule has 0 aliphatic rings. The molecule has 0 fully saturated rings. The molecule has 106 valence electrons. The van der Waals surface area contributed by atoms with Crippen LogP contribution in [0.25, 0.3) is 0 Å². The van der Waals surface area contributed by atoms with Gasteiger partial charge in [-0.3, -0.25) is 4.79 Å². The molecule has 1 aromatic heterocycles. The standard InChI is InChI=1S/C11H10BrN3O3S2/c1-20(17,18)11-14-9(15-19-11)6-13-10(16)7-2-4-8(12)5-3-7/h2-5H,6H2,1H3,(H,13,16). The number of benzene rings is 1. The van der Waals surface area contributed by atoms with E-state index in [1.807, 2.05) is 0 Å². The van der Waals surface area contributed by atoms with Gasteiger partial charge in [0.05, 0.1) is 6.54 Å². The van der Waals surface area contributed by atoms with Crippen LogP contribution < -0.4 is 5.32 Å². The molecule has 0 unspecified atom stereocenters. The molecule has 2 aromatic rings. The molecule has 0 aliphatic carbocycles. The summed E-state index contributed by atoms with van der Waals surface area (Å²) in [4.78, 5) is 15.7. The summed E-state index contributed by atoms with van der Waals surface area (Å²) in [6, 6.07) is 6.88. The zero-order chi connectivity index (χ0) is 14.8. The molecule has 1 N–H and O–H groups in total. The first kappa shape index (κ1) is 15.1. The molecule has 0 saturated heterocycles. The van der Waals surface area contributed by atoms with Crippen LogP contribution in [-0.4, -0.2) is 29.9 Å². The van der Waals surface area contributed by atoms with E-state index < -0.39 is 9.84 Å². The van der Waals surface area contributed by atoms with Gasteiger partial charge in [0.15, 0.2) is 5.82 Å². The van der Waals surface area contributed by atoms with E-state index in [0.717, 1.165) is 22.3 Å².